The third-order valence-electron chi connectivity index (χ3n) is 5.09. The molecule has 0 unspecified atom stereocenters. The molecule has 5 rings (SSSR count). The van der Waals surface area contributed by atoms with E-state index in [4.69, 9.17) is 5.11 Å². The van der Waals surface area contributed by atoms with Crippen molar-refractivity contribution in [3.63, 3.8) is 0 Å². The molecule has 7 heteroatoms. The number of hydrogen-bond donors (Lipinski definition) is 3. The number of benzene rings is 2. The summed E-state index contributed by atoms with van der Waals surface area (Å²) in [6, 6.07) is 16.1. The van der Waals surface area contributed by atoms with E-state index in [-0.39, 0.29) is 11.5 Å². The number of carbonyl (C=O) groups is 2. The van der Waals surface area contributed by atoms with Crippen molar-refractivity contribution in [3.8, 4) is 0 Å². The van der Waals surface area contributed by atoms with E-state index in [0.29, 0.717) is 11.4 Å². The predicted molar refractivity (Wildman–Crippen MR) is 119 cm³/mol. The molecule has 1 amide bonds. The lowest BCUT2D eigenvalue weighted by molar-refractivity contribution is -0.110. The number of carboxylic acids is 1. The van der Waals surface area contributed by atoms with Crippen molar-refractivity contribution in [3.05, 3.63) is 88.7 Å². The van der Waals surface area contributed by atoms with E-state index < -0.39 is 5.97 Å². The first-order valence-electron chi connectivity index (χ1n) is 9.56. The smallest absolute Gasteiger partial charge is 0.335 e. The second kappa shape index (κ2) is 7.38. The van der Waals surface area contributed by atoms with E-state index in [1.807, 2.05) is 42.5 Å². The van der Waals surface area contributed by atoms with Crippen molar-refractivity contribution >= 4 is 52.4 Å². The molecule has 0 atom stereocenters. The lowest BCUT2D eigenvalue weighted by Gasteiger charge is -1.99. The van der Waals surface area contributed by atoms with E-state index in [1.54, 1.807) is 36.5 Å². The van der Waals surface area contributed by atoms with Crippen molar-refractivity contribution in [2.24, 2.45) is 0 Å². The van der Waals surface area contributed by atoms with Crippen LogP contribution in [0.25, 0.3) is 34.7 Å². The lowest BCUT2D eigenvalue weighted by atomic mass is 10.0. The molecule has 0 saturated carbocycles. The molecular weight excluding hydrogens is 392 g/mol. The summed E-state index contributed by atoms with van der Waals surface area (Å²) in [5.41, 5.74) is 4.98. The van der Waals surface area contributed by atoms with Gasteiger partial charge in [0.2, 0.25) is 0 Å². The maximum atomic E-state index is 12.3. The Bertz CT molecular complexity index is 1400. The second-order valence-corrected chi connectivity index (χ2v) is 7.09. The van der Waals surface area contributed by atoms with Crippen molar-refractivity contribution in [2.45, 2.75) is 0 Å². The van der Waals surface area contributed by atoms with Gasteiger partial charge < -0.3 is 10.4 Å². The molecule has 2 aromatic carbocycles. The van der Waals surface area contributed by atoms with Gasteiger partial charge in [-0.1, -0.05) is 24.3 Å². The van der Waals surface area contributed by atoms with Crippen LogP contribution in [0.3, 0.4) is 0 Å². The molecular formula is C24H16N4O3. The van der Waals surface area contributed by atoms with Gasteiger partial charge in [-0.25, -0.2) is 9.78 Å². The van der Waals surface area contributed by atoms with E-state index in [9.17, 15) is 9.59 Å². The Morgan fingerprint density at radius 2 is 1.81 bits per heavy atom. The Hall–Kier alpha value is -4.52. The number of nitrogens with one attached hydrogen (secondary N) is 2. The number of hydrogen-bond acceptors (Lipinski definition) is 4. The maximum absolute atomic E-state index is 12.3. The first-order valence-corrected chi connectivity index (χ1v) is 9.56. The third-order valence-corrected chi connectivity index (χ3v) is 5.09. The zero-order chi connectivity index (χ0) is 21.4. The summed E-state index contributed by atoms with van der Waals surface area (Å²) in [5, 5.41) is 20.1. The maximum Gasteiger partial charge on any atom is 0.335 e. The van der Waals surface area contributed by atoms with Gasteiger partial charge in [0.25, 0.3) is 5.91 Å². The molecule has 3 heterocycles. The summed E-state index contributed by atoms with van der Waals surface area (Å²) in [7, 11) is 0. The van der Waals surface area contributed by atoms with Gasteiger partial charge in [0, 0.05) is 17.1 Å². The van der Waals surface area contributed by atoms with Crippen molar-refractivity contribution < 1.29 is 14.7 Å². The molecule has 31 heavy (non-hydrogen) atoms. The van der Waals surface area contributed by atoms with Crippen LogP contribution in [0, 0.1) is 0 Å². The Kier molecular flexibility index (Phi) is 4.41. The Morgan fingerprint density at radius 1 is 1.00 bits per heavy atom. The number of H-pyrrole nitrogens is 1. The molecule has 0 fully saturated rings. The highest BCUT2D eigenvalue weighted by molar-refractivity contribution is 6.34. The fraction of sp³-hybridized carbons (Fsp3) is 0. The van der Waals surface area contributed by atoms with Gasteiger partial charge in [-0.3, -0.25) is 9.89 Å². The Morgan fingerprint density at radius 3 is 2.61 bits per heavy atom. The normalized spacial score (nSPS) is 14.3. The monoisotopic (exact) mass is 408 g/mol. The van der Waals surface area contributed by atoms with Crippen LogP contribution in [0.15, 0.2) is 60.8 Å². The number of nitrogens with zero attached hydrogens (tertiary/aromatic N) is 2. The number of aromatic amines is 1. The number of pyridine rings is 1. The Labute approximate surface area is 176 Å². The highest BCUT2D eigenvalue weighted by atomic mass is 16.4. The number of aromatic carboxylic acids is 1. The van der Waals surface area contributed by atoms with E-state index in [1.165, 1.54) is 0 Å². The first-order chi connectivity index (χ1) is 15.1. The zero-order valence-corrected chi connectivity index (χ0v) is 16.2. The van der Waals surface area contributed by atoms with Gasteiger partial charge in [-0.05, 0) is 59.7 Å². The molecule has 0 radical (unpaired) electrons. The number of fused-ring (bicyclic) bond motifs is 2. The molecule has 0 bridgehead atoms. The van der Waals surface area contributed by atoms with Crippen LogP contribution in [0.1, 0.15) is 32.7 Å². The number of rotatable bonds is 4. The largest absolute Gasteiger partial charge is 0.478 e. The van der Waals surface area contributed by atoms with Gasteiger partial charge >= 0.3 is 5.97 Å². The van der Waals surface area contributed by atoms with Crippen LogP contribution in [-0.2, 0) is 4.79 Å². The first kappa shape index (κ1) is 18.5. The minimum Gasteiger partial charge on any atom is -0.478 e. The molecule has 0 saturated heterocycles. The van der Waals surface area contributed by atoms with Crippen LogP contribution in [0.4, 0.5) is 5.82 Å². The molecule has 1 aliphatic rings. The average molecular weight is 408 g/mol. The summed E-state index contributed by atoms with van der Waals surface area (Å²) in [4.78, 5) is 27.4. The summed E-state index contributed by atoms with van der Waals surface area (Å²) in [5.74, 6) is -0.546. The van der Waals surface area contributed by atoms with Crippen molar-refractivity contribution in [2.75, 3.05) is 5.32 Å². The number of aromatic nitrogens is 3. The second-order valence-electron chi connectivity index (χ2n) is 7.09. The van der Waals surface area contributed by atoms with Crippen LogP contribution in [0.5, 0.6) is 0 Å². The van der Waals surface area contributed by atoms with Gasteiger partial charge in [-0.2, -0.15) is 5.10 Å². The predicted octanol–water partition coefficient (Wildman–Crippen LogP) is 4.32. The summed E-state index contributed by atoms with van der Waals surface area (Å²) in [6.45, 7) is 0. The molecule has 3 N–H and O–H groups in total. The number of anilines is 1. The fourth-order valence-corrected chi connectivity index (χ4v) is 3.52. The van der Waals surface area contributed by atoms with Crippen molar-refractivity contribution in [1.29, 1.82) is 0 Å². The average Bonchev–Trinajstić information content (AvgIpc) is 3.33. The number of carbonyl (C=O) groups excluding carboxylic acids is 1. The van der Waals surface area contributed by atoms with Crippen molar-refractivity contribution in [1.82, 2.24) is 15.2 Å². The topological polar surface area (TPSA) is 108 Å². The summed E-state index contributed by atoms with van der Waals surface area (Å²) >= 11 is 0. The molecule has 0 aliphatic carbocycles. The van der Waals surface area contributed by atoms with Gasteiger partial charge in [0.15, 0.2) is 0 Å². The SMILES string of the molecule is O=C1Nc2ncccc2C1=Cc1ccc2c(/C=C/c3ccc(C(=O)O)cc3)n[nH]c2c1. The summed E-state index contributed by atoms with van der Waals surface area (Å²) in [6.07, 6.45) is 7.24. The van der Waals surface area contributed by atoms with Crippen LogP contribution < -0.4 is 5.32 Å². The minimum absolute atomic E-state index is 0.170. The number of amides is 1. The zero-order valence-electron chi connectivity index (χ0n) is 16.2. The lowest BCUT2D eigenvalue weighted by Crippen LogP contribution is -2.04. The third kappa shape index (κ3) is 3.49. The molecule has 0 spiro atoms. The molecule has 1 aliphatic heterocycles. The van der Waals surface area contributed by atoms with Gasteiger partial charge in [0.05, 0.1) is 22.3 Å². The molecule has 2 aromatic heterocycles. The minimum atomic E-state index is -0.950. The molecule has 4 aromatic rings. The van der Waals surface area contributed by atoms with Gasteiger partial charge in [-0.15, -0.1) is 0 Å². The molecule has 7 nitrogen and oxygen atoms in total. The fourth-order valence-electron chi connectivity index (χ4n) is 3.52. The quantitative estimate of drug-likeness (QED) is 0.436. The highest BCUT2D eigenvalue weighted by Gasteiger charge is 2.24. The van der Waals surface area contributed by atoms with E-state index in [2.05, 4.69) is 20.5 Å². The van der Waals surface area contributed by atoms with Gasteiger partial charge in [0.1, 0.15) is 5.82 Å². The Balaban J connectivity index is 1.43. The number of carboxylic acid groups (broad SMARTS) is 1. The van der Waals surface area contributed by atoms with Crippen LogP contribution in [-0.4, -0.2) is 32.2 Å². The highest BCUT2D eigenvalue weighted by Crippen LogP contribution is 2.31. The standard InChI is InChI=1S/C24H16N4O3/c29-23-19(17-2-1-11-25-22(17)26-23)12-15-5-9-18-20(27-28-21(18)13-15)10-6-14-3-7-16(8-4-14)24(30)31/h1-13H,(H,27,28)(H,30,31)(H,25,26,29)/b10-6+,19-12?. The molecule has 150 valence electrons. The van der Waals surface area contributed by atoms with E-state index >= 15 is 0 Å². The van der Waals surface area contributed by atoms with Crippen LogP contribution in [0.2, 0.25) is 0 Å². The summed E-state index contributed by atoms with van der Waals surface area (Å²) < 4.78 is 0. The van der Waals surface area contributed by atoms with Crippen LogP contribution >= 0.6 is 0 Å². The van der Waals surface area contributed by atoms with E-state index in [0.717, 1.165) is 33.3 Å².